The molecule has 0 heterocycles. The van der Waals surface area contributed by atoms with Crippen LogP contribution < -0.4 is 0 Å². The van der Waals surface area contributed by atoms with E-state index in [-0.39, 0.29) is 6.42 Å². The molecule has 0 spiro atoms. The normalized spacial score (nSPS) is 14.4. The fraction of sp³-hybridized carbons (Fsp3) is 0.800. The number of hydrogen-bond donors (Lipinski definition) is 1. The van der Waals surface area contributed by atoms with Gasteiger partial charge in [0.15, 0.2) is 5.25 Å². The summed E-state index contributed by atoms with van der Waals surface area (Å²) in [7, 11) is 0.911. The molecule has 0 aliphatic rings. The fourth-order valence-electron chi connectivity index (χ4n) is 0.647. The molecule has 0 saturated heterocycles. The van der Waals surface area contributed by atoms with Crippen molar-refractivity contribution in [3.8, 4) is 0 Å². The second-order valence-electron chi connectivity index (χ2n) is 2.09. The standard InChI is InChI=1S/C5H9ClO4S/c1-2-3-4(5(7)8)11(6,9)10/h4H,2-3H2,1H3,(H,7,8). The van der Waals surface area contributed by atoms with Crippen LogP contribution in [0.3, 0.4) is 0 Å². The molecule has 0 rings (SSSR count). The Bertz CT molecular complexity index is 233. The van der Waals surface area contributed by atoms with Crippen molar-refractivity contribution in [1.29, 1.82) is 0 Å². The Hall–Kier alpha value is -0.290. The third-order valence-corrected chi connectivity index (χ3v) is 2.93. The smallest absolute Gasteiger partial charge is 0.323 e. The Kier molecular flexibility index (Phi) is 3.82. The molecule has 0 aromatic heterocycles. The molecule has 0 bridgehead atoms. The lowest BCUT2D eigenvalue weighted by Gasteiger charge is -2.05. The molecule has 1 unspecified atom stereocenters. The van der Waals surface area contributed by atoms with Gasteiger partial charge >= 0.3 is 5.97 Å². The Morgan fingerprint density at radius 1 is 1.64 bits per heavy atom. The van der Waals surface area contributed by atoms with Crippen LogP contribution in [0.15, 0.2) is 0 Å². The first-order valence-corrected chi connectivity index (χ1v) is 5.43. The molecule has 4 nitrogen and oxygen atoms in total. The third kappa shape index (κ3) is 3.57. The molecule has 0 aliphatic carbocycles. The second kappa shape index (κ2) is 3.92. The highest BCUT2D eigenvalue weighted by atomic mass is 35.7. The summed E-state index contributed by atoms with van der Waals surface area (Å²) in [5.41, 5.74) is 0. The zero-order valence-corrected chi connectivity index (χ0v) is 7.52. The van der Waals surface area contributed by atoms with Gasteiger partial charge in [0.2, 0.25) is 9.05 Å². The van der Waals surface area contributed by atoms with Gasteiger partial charge in [-0.15, -0.1) is 0 Å². The number of carboxylic acid groups (broad SMARTS) is 1. The number of carbonyl (C=O) groups is 1. The molecule has 0 saturated carbocycles. The van der Waals surface area contributed by atoms with Crippen molar-refractivity contribution in [3.05, 3.63) is 0 Å². The lowest BCUT2D eigenvalue weighted by Crippen LogP contribution is -2.26. The van der Waals surface area contributed by atoms with Crippen molar-refractivity contribution >= 4 is 25.7 Å². The summed E-state index contributed by atoms with van der Waals surface area (Å²) in [4.78, 5) is 10.3. The molecule has 0 aromatic rings. The van der Waals surface area contributed by atoms with E-state index in [0.29, 0.717) is 6.42 Å². The van der Waals surface area contributed by atoms with Crippen LogP contribution in [0.5, 0.6) is 0 Å². The average Bonchev–Trinajstić information content (AvgIpc) is 1.79. The summed E-state index contributed by atoms with van der Waals surface area (Å²) < 4.78 is 21.1. The highest BCUT2D eigenvalue weighted by Crippen LogP contribution is 2.12. The van der Waals surface area contributed by atoms with Gasteiger partial charge in [0, 0.05) is 10.7 Å². The average molecular weight is 201 g/mol. The maximum Gasteiger partial charge on any atom is 0.323 e. The molecule has 6 heteroatoms. The van der Waals surface area contributed by atoms with Crippen molar-refractivity contribution in [3.63, 3.8) is 0 Å². The van der Waals surface area contributed by atoms with E-state index in [1.54, 1.807) is 6.92 Å². The van der Waals surface area contributed by atoms with Gasteiger partial charge in [0.1, 0.15) is 0 Å². The molecule has 1 N–H and O–H groups in total. The number of hydrogen-bond acceptors (Lipinski definition) is 3. The zero-order valence-electron chi connectivity index (χ0n) is 5.95. The van der Waals surface area contributed by atoms with E-state index in [1.165, 1.54) is 0 Å². The van der Waals surface area contributed by atoms with E-state index in [0.717, 1.165) is 0 Å². The lowest BCUT2D eigenvalue weighted by atomic mass is 10.2. The second-order valence-corrected chi connectivity index (χ2v) is 4.90. The van der Waals surface area contributed by atoms with Gasteiger partial charge in [-0.2, -0.15) is 0 Å². The molecule has 0 radical (unpaired) electrons. The topological polar surface area (TPSA) is 71.4 Å². The monoisotopic (exact) mass is 200 g/mol. The maximum atomic E-state index is 10.5. The number of halogens is 1. The molecule has 0 fully saturated rings. The maximum absolute atomic E-state index is 10.5. The molecule has 0 aliphatic heterocycles. The molecule has 11 heavy (non-hydrogen) atoms. The molecule has 1 atom stereocenters. The van der Waals surface area contributed by atoms with Gasteiger partial charge < -0.3 is 5.11 Å². The number of aliphatic carboxylic acids is 1. The van der Waals surface area contributed by atoms with Crippen molar-refractivity contribution in [2.75, 3.05) is 0 Å². The van der Waals surface area contributed by atoms with Crippen molar-refractivity contribution in [2.24, 2.45) is 0 Å². The lowest BCUT2D eigenvalue weighted by molar-refractivity contribution is -0.136. The van der Waals surface area contributed by atoms with Crippen LogP contribution in [0.4, 0.5) is 0 Å². The van der Waals surface area contributed by atoms with Gasteiger partial charge in [-0.05, 0) is 6.42 Å². The van der Waals surface area contributed by atoms with Gasteiger partial charge in [0.05, 0.1) is 0 Å². The highest BCUT2D eigenvalue weighted by molar-refractivity contribution is 8.14. The third-order valence-electron chi connectivity index (χ3n) is 1.17. The Morgan fingerprint density at radius 3 is 2.18 bits per heavy atom. The predicted octanol–water partition coefficient (Wildman–Crippen LogP) is 0.808. The summed E-state index contributed by atoms with van der Waals surface area (Å²) in [6, 6.07) is 0. The van der Waals surface area contributed by atoms with Crippen LogP contribution in [-0.2, 0) is 13.8 Å². The Labute approximate surface area is 69.6 Å². The van der Waals surface area contributed by atoms with E-state index < -0.39 is 20.3 Å². The van der Waals surface area contributed by atoms with Crippen molar-refractivity contribution < 1.29 is 18.3 Å². The van der Waals surface area contributed by atoms with E-state index in [9.17, 15) is 13.2 Å². The van der Waals surface area contributed by atoms with Crippen LogP contribution in [0.2, 0.25) is 0 Å². The van der Waals surface area contributed by atoms with E-state index in [4.69, 9.17) is 15.8 Å². The summed E-state index contributed by atoms with van der Waals surface area (Å²) in [6.45, 7) is 1.69. The summed E-state index contributed by atoms with van der Waals surface area (Å²) >= 11 is 0. The van der Waals surface area contributed by atoms with Crippen LogP contribution in [0, 0.1) is 0 Å². The Morgan fingerprint density at radius 2 is 2.09 bits per heavy atom. The van der Waals surface area contributed by atoms with Gasteiger partial charge in [-0.1, -0.05) is 13.3 Å². The highest BCUT2D eigenvalue weighted by Gasteiger charge is 2.29. The van der Waals surface area contributed by atoms with Crippen molar-refractivity contribution in [1.82, 2.24) is 0 Å². The SMILES string of the molecule is CCCC(C(=O)O)S(=O)(=O)Cl. The largest absolute Gasteiger partial charge is 0.480 e. The van der Waals surface area contributed by atoms with Crippen LogP contribution in [0.1, 0.15) is 19.8 Å². The minimum absolute atomic E-state index is 0.0567. The Balaban J connectivity index is 4.49. The summed E-state index contributed by atoms with van der Waals surface area (Å²) in [5, 5.41) is 6.91. The van der Waals surface area contributed by atoms with Crippen LogP contribution in [-0.4, -0.2) is 24.7 Å². The quantitative estimate of drug-likeness (QED) is 0.682. The summed E-state index contributed by atoms with van der Waals surface area (Å²) in [6.07, 6.45) is 0.532. The first-order chi connectivity index (χ1) is 4.89. The predicted molar refractivity (Wildman–Crippen MR) is 41.1 cm³/mol. The van der Waals surface area contributed by atoms with Gasteiger partial charge in [0.25, 0.3) is 0 Å². The minimum Gasteiger partial charge on any atom is -0.480 e. The first kappa shape index (κ1) is 10.7. The molecule has 66 valence electrons. The zero-order chi connectivity index (χ0) is 9.07. The first-order valence-electron chi connectivity index (χ1n) is 3.06. The fourth-order valence-corrected chi connectivity index (χ4v) is 1.90. The number of rotatable bonds is 4. The summed E-state index contributed by atoms with van der Waals surface area (Å²) in [5.74, 6) is -1.39. The van der Waals surface area contributed by atoms with E-state index in [1.807, 2.05) is 0 Å². The number of carboxylic acids is 1. The van der Waals surface area contributed by atoms with E-state index in [2.05, 4.69) is 0 Å². The van der Waals surface area contributed by atoms with Crippen LogP contribution in [0.25, 0.3) is 0 Å². The van der Waals surface area contributed by atoms with Gasteiger partial charge in [-0.25, -0.2) is 8.42 Å². The van der Waals surface area contributed by atoms with Gasteiger partial charge in [-0.3, -0.25) is 4.79 Å². The molecule has 0 aromatic carbocycles. The van der Waals surface area contributed by atoms with Crippen LogP contribution >= 0.6 is 10.7 Å². The van der Waals surface area contributed by atoms with E-state index >= 15 is 0 Å². The molecular formula is C5H9ClO4S. The molecule has 0 amide bonds. The molecular weight excluding hydrogens is 192 g/mol. The minimum atomic E-state index is -3.95. The van der Waals surface area contributed by atoms with Crippen molar-refractivity contribution in [2.45, 2.75) is 25.0 Å².